The summed E-state index contributed by atoms with van der Waals surface area (Å²) < 4.78 is 6.18. The molecule has 3 heterocycles. The van der Waals surface area contributed by atoms with Crippen LogP contribution in [0.4, 0.5) is 0 Å². The number of carbonyl (C=O) groups is 1. The molecule has 1 N–H and O–H groups in total. The molecule has 1 atom stereocenters. The Kier molecular flexibility index (Phi) is 10.0. The lowest BCUT2D eigenvalue weighted by Gasteiger charge is -2.39. The fourth-order valence-electron chi connectivity index (χ4n) is 5.01. The first-order valence-corrected chi connectivity index (χ1v) is 12.2. The summed E-state index contributed by atoms with van der Waals surface area (Å²) in [5.74, 6) is 1.91. The van der Waals surface area contributed by atoms with Gasteiger partial charge in [-0.05, 0) is 51.5 Å². The predicted molar refractivity (Wildman–Crippen MR) is 141 cm³/mol. The average Bonchev–Trinajstić information content (AvgIpc) is 3.55. The summed E-state index contributed by atoms with van der Waals surface area (Å²) >= 11 is 0. The number of rotatable bonds is 6. The van der Waals surface area contributed by atoms with E-state index in [9.17, 15) is 4.79 Å². The number of likely N-dealkylation sites (tertiary alicyclic amines) is 1. The van der Waals surface area contributed by atoms with Crippen molar-refractivity contribution in [2.75, 3.05) is 46.3 Å². The van der Waals surface area contributed by atoms with Gasteiger partial charge >= 0.3 is 0 Å². The minimum atomic E-state index is -0.0455. The monoisotopic (exact) mass is 570 g/mol. The second-order valence-corrected chi connectivity index (χ2v) is 9.12. The molecule has 2 saturated heterocycles. The van der Waals surface area contributed by atoms with E-state index in [-0.39, 0.29) is 35.9 Å². The number of aromatic nitrogens is 1. The molecule has 0 bridgehead atoms. The van der Waals surface area contributed by atoms with Crippen molar-refractivity contribution in [3.8, 4) is 5.88 Å². The molecule has 2 aliphatic heterocycles. The van der Waals surface area contributed by atoms with E-state index in [1.165, 1.54) is 12.8 Å². The first-order valence-electron chi connectivity index (χ1n) is 12.2. The quantitative estimate of drug-likeness (QED) is 0.322. The Morgan fingerprint density at radius 3 is 2.48 bits per heavy atom. The molecule has 9 heteroatoms. The average molecular weight is 571 g/mol. The number of carbonyl (C=O) groups excluding carboxylic acids is 1. The molecule has 3 fully saturated rings. The third-order valence-corrected chi connectivity index (χ3v) is 7.02. The van der Waals surface area contributed by atoms with E-state index in [0.29, 0.717) is 12.6 Å². The minimum Gasteiger partial charge on any atom is -0.474 e. The molecular formula is C24H39IN6O2. The number of ether oxygens (including phenoxy) is 1. The van der Waals surface area contributed by atoms with Crippen molar-refractivity contribution in [2.45, 2.75) is 64.1 Å². The van der Waals surface area contributed by atoms with Crippen molar-refractivity contribution in [1.29, 1.82) is 0 Å². The van der Waals surface area contributed by atoms with E-state index in [4.69, 9.17) is 4.74 Å². The minimum absolute atomic E-state index is 0. The van der Waals surface area contributed by atoms with Crippen LogP contribution < -0.4 is 10.1 Å². The number of piperazine rings is 1. The van der Waals surface area contributed by atoms with Crippen molar-refractivity contribution in [1.82, 2.24) is 25.0 Å². The Morgan fingerprint density at radius 2 is 1.82 bits per heavy atom. The Hall–Kier alpha value is -1.62. The van der Waals surface area contributed by atoms with E-state index in [1.54, 1.807) is 6.20 Å². The molecule has 1 unspecified atom stereocenters. The number of hydrogen-bond donors (Lipinski definition) is 1. The summed E-state index contributed by atoms with van der Waals surface area (Å²) in [4.78, 5) is 28.3. The first-order chi connectivity index (χ1) is 15.7. The van der Waals surface area contributed by atoms with Crippen molar-refractivity contribution >= 4 is 35.8 Å². The van der Waals surface area contributed by atoms with Gasteiger partial charge < -0.3 is 19.9 Å². The topological polar surface area (TPSA) is 73.3 Å². The van der Waals surface area contributed by atoms with Crippen LogP contribution in [0, 0.1) is 0 Å². The molecule has 184 valence electrons. The number of amides is 1. The van der Waals surface area contributed by atoms with Gasteiger partial charge in [0.25, 0.3) is 0 Å². The molecule has 0 spiro atoms. The Balaban J connectivity index is 0.00000306. The van der Waals surface area contributed by atoms with E-state index >= 15 is 0 Å². The van der Waals surface area contributed by atoms with Gasteiger partial charge in [0.15, 0.2) is 5.96 Å². The van der Waals surface area contributed by atoms with E-state index in [2.05, 4.69) is 38.1 Å². The summed E-state index contributed by atoms with van der Waals surface area (Å²) in [7, 11) is 1.83. The van der Waals surface area contributed by atoms with Crippen molar-refractivity contribution in [3.05, 3.63) is 23.9 Å². The van der Waals surface area contributed by atoms with Gasteiger partial charge in [0.05, 0.1) is 6.04 Å². The predicted octanol–water partition coefficient (Wildman–Crippen LogP) is 2.72. The van der Waals surface area contributed by atoms with Gasteiger partial charge in [0.1, 0.15) is 6.10 Å². The Labute approximate surface area is 215 Å². The Morgan fingerprint density at radius 1 is 1.12 bits per heavy atom. The maximum absolute atomic E-state index is 12.7. The summed E-state index contributed by atoms with van der Waals surface area (Å²) in [6.45, 7) is 7.96. The zero-order chi connectivity index (χ0) is 22.3. The van der Waals surface area contributed by atoms with Crippen molar-refractivity contribution < 1.29 is 9.53 Å². The van der Waals surface area contributed by atoms with Crippen LogP contribution in [0.1, 0.15) is 51.0 Å². The lowest BCUT2D eigenvalue weighted by atomic mass is 10.2. The normalized spacial score (nSPS) is 21.1. The summed E-state index contributed by atoms with van der Waals surface area (Å²) in [5, 5.41) is 3.49. The molecule has 8 nitrogen and oxygen atoms in total. The van der Waals surface area contributed by atoms with Crippen LogP contribution in [0.15, 0.2) is 23.3 Å². The van der Waals surface area contributed by atoms with Crippen LogP contribution in [0.25, 0.3) is 0 Å². The van der Waals surface area contributed by atoms with Crippen LogP contribution >= 0.6 is 24.0 Å². The van der Waals surface area contributed by atoms with Crippen molar-refractivity contribution in [3.63, 3.8) is 0 Å². The van der Waals surface area contributed by atoms with E-state index < -0.39 is 0 Å². The number of halogens is 1. The molecule has 0 aromatic carbocycles. The highest BCUT2D eigenvalue weighted by Gasteiger charge is 2.30. The highest BCUT2D eigenvalue weighted by atomic mass is 127. The summed E-state index contributed by atoms with van der Waals surface area (Å²) in [6, 6.07) is 3.98. The smallest absolute Gasteiger partial charge is 0.239 e. The van der Waals surface area contributed by atoms with E-state index in [1.807, 2.05) is 18.0 Å². The highest BCUT2D eigenvalue weighted by Crippen LogP contribution is 2.25. The second kappa shape index (κ2) is 12.7. The van der Waals surface area contributed by atoms with Gasteiger partial charge in [-0.25, -0.2) is 4.98 Å². The molecule has 1 aliphatic carbocycles. The molecule has 4 rings (SSSR count). The fraction of sp³-hybridized carbons (Fsp3) is 0.708. The molecule has 3 aliphatic rings. The van der Waals surface area contributed by atoms with Gasteiger partial charge in [-0.1, -0.05) is 6.07 Å². The van der Waals surface area contributed by atoms with Crippen LogP contribution in [-0.2, 0) is 11.3 Å². The number of guanidine groups is 1. The maximum Gasteiger partial charge on any atom is 0.239 e. The van der Waals surface area contributed by atoms with Crippen LogP contribution in [0.3, 0.4) is 0 Å². The summed E-state index contributed by atoms with van der Waals surface area (Å²) in [5.41, 5.74) is 1.06. The number of hydrogen-bond acceptors (Lipinski definition) is 5. The molecule has 0 radical (unpaired) electrons. The van der Waals surface area contributed by atoms with Crippen LogP contribution in [0.5, 0.6) is 5.88 Å². The number of aliphatic imine (C=N–C) groups is 1. The highest BCUT2D eigenvalue weighted by molar-refractivity contribution is 14.0. The maximum atomic E-state index is 12.7. The second-order valence-electron chi connectivity index (χ2n) is 9.12. The molecule has 1 aromatic heterocycles. The van der Waals surface area contributed by atoms with Crippen LogP contribution in [-0.4, -0.2) is 90.0 Å². The SMILES string of the molecule is CN=C(NCc1cccnc1OC1CCCC1)N1CCN(C(C)C(=O)N2CCCC2)CC1.I. The number of nitrogens with zero attached hydrogens (tertiary/aromatic N) is 5. The molecule has 33 heavy (non-hydrogen) atoms. The molecule has 1 amide bonds. The number of nitrogens with one attached hydrogen (secondary N) is 1. The molecular weight excluding hydrogens is 531 g/mol. The molecule has 1 saturated carbocycles. The van der Waals surface area contributed by atoms with Crippen LogP contribution in [0.2, 0.25) is 0 Å². The Bertz CT molecular complexity index is 787. The zero-order valence-electron chi connectivity index (χ0n) is 20.0. The van der Waals surface area contributed by atoms with E-state index in [0.717, 1.165) is 82.4 Å². The van der Waals surface area contributed by atoms with Gasteiger partial charge in [-0.2, -0.15) is 0 Å². The van der Waals surface area contributed by atoms with Crippen molar-refractivity contribution in [2.24, 2.45) is 4.99 Å². The largest absolute Gasteiger partial charge is 0.474 e. The first kappa shape index (κ1) is 26.0. The third-order valence-electron chi connectivity index (χ3n) is 7.02. The lowest BCUT2D eigenvalue weighted by Crippen LogP contribution is -2.57. The lowest BCUT2D eigenvalue weighted by molar-refractivity contribution is -0.135. The fourth-order valence-corrected chi connectivity index (χ4v) is 5.01. The number of pyridine rings is 1. The van der Waals surface area contributed by atoms with Gasteiger partial charge in [0.2, 0.25) is 11.8 Å². The zero-order valence-corrected chi connectivity index (χ0v) is 22.4. The standard InChI is InChI=1S/C24H38N6O2.HI/c1-19(23(31)29-12-5-6-13-29)28-14-16-30(17-15-28)24(25-2)27-18-20-8-7-11-26-22(20)32-21-9-3-4-10-21;/h7-8,11,19,21H,3-6,9-10,12-18H2,1-2H3,(H,25,27);1H. The van der Waals surface area contributed by atoms with Gasteiger partial charge in [-0.15, -0.1) is 24.0 Å². The van der Waals surface area contributed by atoms with Gasteiger partial charge in [0, 0.05) is 64.6 Å². The molecule has 1 aromatic rings. The van der Waals surface area contributed by atoms with Gasteiger partial charge in [-0.3, -0.25) is 14.7 Å². The summed E-state index contributed by atoms with van der Waals surface area (Å²) in [6.07, 6.45) is 9.09. The third kappa shape index (κ3) is 6.71.